The van der Waals surface area contributed by atoms with Gasteiger partial charge in [0.1, 0.15) is 0 Å². The first-order valence-corrected chi connectivity index (χ1v) is 2.54. The van der Waals surface area contributed by atoms with Crippen LogP contribution in [0, 0.1) is 0 Å². The van der Waals surface area contributed by atoms with Crippen molar-refractivity contribution in [1.82, 2.24) is 0 Å². The van der Waals surface area contributed by atoms with Crippen molar-refractivity contribution in [3.8, 4) is 0 Å². The Labute approximate surface area is 52.7 Å². The Hall–Kier alpha value is -0.740. The van der Waals surface area contributed by atoms with Gasteiger partial charge in [0.05, 0.1) is 6.61 Å². The first-order valence-electron chi connectivity index (χ1n) is 2.54. The van der Waals surface area contributed by atoms with Crippen molar-refractivity contribution >= 4 is 0 Å². The molecule has 0 fully saturated rings. The Kier molecular flexibility index (Phi) is 3.83. The molecule has 54 valence electrons. The molecular weight excluding hydrogens is 124 g/mol. The van der Waals surface area contributed by atoms with Crippen molar-refractivity contribution < 1.29 is 20.4 Å². The number of aliphatic hydroxyl groups excluding tert-OH is 3. The average Bonchev–Trinajstić information content (AvgIpc) is 1.82. The van der Waals surface area contributed by atoms with E-state index in [0.717, 1.165) is 0 Å². The molecule has 4 N–H and O–H groups in total. The van der Waals surface area contributed by atoms with E-state index < -0.39 is 12.6 Å². The Morgan fingerprint density at radius 2 is 1.67 bits per heavy atom. The maximum atomic E-state index is 8.34. The van der Waals surface area contributed by atoms with Crippen LogP contribution in [0.2, 0.25) is 0 Å². The van der Waals surface area contributed by atoms with E-state index in [1.54, 1.807) is 0 Å². The predicted octanol–water partition coefficient (Wildman–Crippen LogP) is -0.311. The van der Waals surface area contributed by atoms with Crippen LogP contribution in [0.5, 0.6) is 0 Å². The highest BCUT2D eigenvalue weighted by Crippen LogP contribution is 2.01. The highest BCUT2D eigenvalue weighted by Gasteiger charge is 2.00. The van der Waals surface area contributed by atoms with Crippen molar-refractivity contribution in [2.45, 2.75) is 6.42 Å². The van der Waals surface area contributed by atoms with Crippen LogP contribution in [0.15, 0.2) is 11.5 Å². The number of hydrogen-bond donors (Lipinski definition) is 4. The van der Waals surface area contributed by atoms with Gasteiger partial charge in [-0.3, -0.25) is 0 Å². The highest BCUT2D eigenvalue weighted by atomic mass is 16.5. The monoisotopic (exact) mass is 134 g/mol. The van der Waals surface area contributed by atoms with Crippen molar-refractivity contribution in [3.05, 3.63) is 11.5 Å². The van der Waals surface area contributed by atoms with Crippen molar-refractivity contribution in [3.63, 3.8) is 0 Å². The fourth-order valence-electron chi connectivity index (χ4n) is 0.397. The summed E-state index contributed by atoms with van der Waals surface area (Å²) < 4.78 is 0. The third-order valence-corrected chi connectivity index (χ3v) is 0.921. The van der Waals surface area contributed by atoms with Gasteiger partial charge in [0, 0.05) is 18.6 Å². The van der Waals surface area contributed by atoms with Crippen LogP contribution in [-0.4, -0.2) is 33.6 Å². The van der Waals surface area contributed by atoms with Gasteiger partial charge in [-0.15, -0.1) is 0 Å². The molecule has 0 bridgehead atoms. The molecule has 0 aromatic heterocycles. The van der Waals surface area contributed by atoms with E-state index in [4.69, 9.17) is 20.4 Å². The minimum Gasteiger partial charge on any atom is -0.481 e. The van der Waals surface area contributed by atoms with Crippen LogP contribution in [0.3, 0.4) is 0 Å². The van der Waals surface area contributed by atoms with E-state index in [2.05, 4.69) is 0 Å². The molecule has 0 radical (unpaired) electrons. The second kappa shape index (κ2) is 4.17. The van der Waals surface area contributed by atoms with Crippen LogP contribution in [-0.2, 0) is 0 Å². The molecule has 4 heteroatoms. The van der Waals surface area contributed by atoms with E-state index in [-0.39, 0.29) is 18.6 Å². The van der Waals surface area contributed by atoms with Gasteiger partial charge < -0.3 is 20.4 Å². The Morgan fingerprint density at radius 1 is 1.11 bits per heavy atom. The number of aliphatic hydroxyl groups is 4. The zero-order valence-electron chi connectivity index (χ0n) is 4.91. The minimum absolute atomic E-state index is 0.0532. The van der Waals surface area contributed by atoms with Crippen molar-refractivity contribution in [1.29, 1.82) is 0 Å². The first kappa shape index (κ1) is 8.26. The lowest BCUT2D eigenvalue weighted by Gasteiger charge is -1.98. The SMILES string of the molecule is OCCC(CO)=C(O)O. The zero-order valence-corrected chi connectivity index (χ0v) is 4.91. The molecule has 0 unspecified atom stereocenters. The molecule has 9 heavy (non-hydrogen) atoms. The van der Waals surface area contributed by atoms with E-state index in [9.17, 15) is 0 Å². The van der Waals surface area contributed by atoms with E-state index in [1.165, 1.54) is 0 Å². The third kappa shape index (κ3) is 2.94. The fourth-order valence-corrected chi connectivity index (χ4v) is 0.397. The molecule has 0 atom stereocenters. The molecule has 0 amide bonds. The van der Waals surface area contributed by atoms with E-state index in [1.807, 2.05) is 0 Å². The van der Waals surface area contributed by atoms with Gasteiger partial charge in [0.25, 0.3) is 5.95 Å². The van der Waals surface area contributed by atoms with Crippen LogP contribution < -0.4 is 0 Å². The normalized spacial score (nSPS) is 9.11. The number of rotatable bonds is 3. The fraction of sp³-hybridized carbons (Fsp3) is 0.600. The molecule has 0 aliphatic rings. The third-order valence-electron chi connectivity index (χ3n) is 0.921. The molecule has 0 rings (SSSR count). The Morgan fingerprint density at radius 3 is 1.78 bits per heavy atom. The topological polar surface area (TPSA) is 80.9 Å². The molecule has 0 aliphatic heterocycles. The van der Waals surface area contributed by atoms with Gasteiger partial charge in [-0.1, -0.05) is 0 Å². The summed E-state index contributed by atoms with van der Waals surface area (Å²) >= 11 is 0. The van der Waals surface area contributed by atoms with E-state index in [0.29, 0.717) is 0 Å². The summed E-state index contributed by atoms with van der Waals surface area (Å²) in [6.07, 6.45) is 0.0961. The quantitative estimate of drug-likeness (QED) is 0.399. The van der Waals surface area contributed by atoms with Gasteiger partial charge in [-0.2, -0.15) is 0 Å². The van der Waals surface area contributed by atoms with Gasteiger partial charge in [0.15, 0.2) is 0 Å². The highest BCUT2D eigenvalue weighted by molar-refractivity contribution is 5.01. The second-order valence-corrected chi connectivity index (χ2v) is 1.56. The summed E-state index contributed by atoms with van der Waals surface area (Å²) in [7, 11) is 0. The first-order chi connectivity index (χ1) is 4.22. The summed E-state index contributed by atoms with van der Waals surface area (Å²) in [5, 5.41) is 33.2. The van der Waals surface area contributed by atoms with Crippen LogP contribution >= 0.6 is 0 Å². The largest absolute Gasteiger partial charge is 0.481 e. The molecule has 0 saturated heterocycles. The van der Waals surface area contributed by atoms with E-state index >= 15 is 0 Å². The van der Waals surface area contributed by atoms with Crippen molar-refractivity contribution in [2.75, 3.05) is 13.2 Å². The lowest BCUT2D eigenvalue weighted by molar-refractivity contribution is 0.169. The van der Waals surface area contributed by atoms with Crippen LogP contribution in [0.4, 0.5) is 0 Å². The lowest BCUT2D eigenvalue weighted by Crippen LogP contribution is -1.98. The molecule has 0 aromatic carbocycles. The zero-order chi connectivity index (χ0) is 7.28. The molecule has 0 aliphatic carbocycles. The Bertz CT molecular complexity index is 104. The van der Waals surface area contributed by atoms with Crippen LogP contribution in [0.1, 0.15) is 6.42 Å². The van der Waals surface area contributed by atoms with Gasteiger partial charge >= 0.3 is 0 Å². The molecule has 4 nitrogen and oxygen atoms in total. The van der Waals surface area contributed by atoms with Gasteiger partial charge in [0.2, 0.25) is 0 Å². The standard InChI is InChI=1S/C5H10O4/c6-2-1-4(3-7)5(8)9/h6-9H,1-3H2. The average molecular weight is 134 g/mol. The smallest absolute Gasteiger partial charge is 0.275 e. The summed E-state index contributed by atoms with van der Waals surface area (Å²) in [5.41, 5.74) is 0.0532. The maximum Gasteiger partial charge on any atom is 0.275 e. The summed E-state index contributed by atoms with van der Waals surface area (Å²) in [4.78, 5) is 0. The summed E-state index contributed by atoms with van der Waals surface area (Å²) in [6.45, 7) is -0.622. The van der Waals surface area contributed by atoms with Gasteiger partial charge in [-0.05, 0) is 0 Å². The second-order valence-electron chi connectivity index (χ2n) is 1.56. The molecular formula is C5H10O4. The summed E-state index contributed by atoms with van der Waals surface area (Å²) in [5.74, 6) is -0.897. The lowest BCUT2D eigenvalue weighted by atomic mass is 10.2. The minimum atomic E-state index is -0.897. The molecule has 0 spiro atoms. The van der Waals surface area contributed by atoms with Crippen LogP contribution in [0.25, 0.3) is 0 Å². The van der Waals surface area contributed by atoms with Crippen molar-refractivity contribution in [2.24, 2.45) is 0 Å². The van der Waals surface area contributed by atoms with Gasteiger partial charge in [-0.25, -0.2) is 0 Å². The Balaban J connectivity index is 3.83. The molecule has 0 heterocycles. The summed E-state index contributed by atoms with van der Waals surface area (Å²) in [6, 6.07) is 0. The predicted molar refractivity (Wildman–Crippen MR) is 31.1 cm³/mol. The number of hydrogen-bond acceptors (Lipinski definition) is 4. The molecule has 0 saturated carbocycles. The molecule has 0 aromatic rings. The maximum absolute atomic E-state index is 8.34.